The molecule has 2 rings (SSSR count). The van der Waals surface area contributed by atoms with Gasteiger partial charge in [0.1, 0.15) is 6.07 Å². The maximum absolute atomic E-state index is 11.5. The first kappa shape index (κ1) is 11.5. The molecule has 1 heterocycles. The fourth-order valence-corrected chi connectivity index (χ4v) is 1.82. The van der Waals surface area contributed by atoms with E-state index in [0.717, 1.165) is 6.42 Å². The molecule has 4 nitrogen and oxygen atoms in total. The monoisotopic (exact) mass is 230 g/mol. The highest BCUT2D eigenvalue weighted by atomic mass is 16.6. The van der Waals surface area contributed by atoms with Crippen molar-refractivity contribution in [3.8, 4) is 6.07 Å². The minimum atomic E-state index is -0.574. The number of cyclic esters (lactones) is 1. The van der Waals surface area contributed by atoms with Crippen molar-refractivity contribution in [2.45, 2.75) is 18.9 Å². The number of benzene rings is 1. The molecule has 88 valence electrons. The predicted molar refractivity (Wildman–Crippen MR) is 62.2 cm³/mol. The highest BCUT2D eigenvalue weighted by Gasteiger charge is 2.26. The third-order valence-corrected chi connectivity index (χ3v) is 2.82. The third-order valence-electron chi connectivity index (χ3n) is 2.82. The van der Waals surface area contributed by atoms with Gasteiger partial charge in [0.25, 0.3) is 0 Å². The summed E-state index contributed by atoms with van der Waals surface area (Å²) < 4.78 is 4.96. The van der Waals surface area contributed by atoms with Crippen molar-refractivity contribution in [2.75, 3.05) is 13.1 Å². The predicted octanol–water partition coefficient (Wildman–Crippen LogP) is 1.96. The molecule has 0 spiro atoms. The summed E-state index contributed by atoms with van der Waals surface area (Å²) in [6.45, 7) is 1.24. The lowest BCUT2D eigenvalue weighted by molar-refractivity contribution is 0.0480. The Labute approximate surface area is 100 Å². The Morgan fingerprint density at radius 2 is 2.18 bits per heavy atom. The van der Waals surface area contributed by atoms with Gasteiger partial charge in [-0.3, -0.25) is 0 Å². The van der Waals surface area contributed by atoms with Crippen molar-refractivity contribution in [2.24, 2.45) is 0 Å². The standard InChI is InChI=1S/C13H14N2O2/c14-10-12-7-9-15(13(16)17-12)8-6-11-4-2-1-3-5-11/h1-5,12H,6-9H2. The van der Waals surface area contributed by atoms with Crippen LogP contribution in [-0.4, -0.2) is 30.2 Å². The Bertz CT molecular complexity index is 425. The Morgan fingerprint density at radius 3 is 2.82 bits per heavy atom. The smallest absolute Gasteiger partial charge is 0.411 e. The van der Waals surface area contributed by atoms with E-state index in [1.165, 1.54) is 5.56 Å². The van der Waals surface area contributed by atoms with Gasteiger partial charge in [-0.05, 0) is 12.0 Å². The number of nitriles is 1. The van der Waals surface area contributed by atoms with Crippen LogP contribution in [0, 0.1) is 11.3 Å². The van der Waals surface area contributed by atoms with E-state index < -0.39 is 6.10 Å². The molecule has 0 saturated carbocycles. The summed E-state index contributed by atoms with van der Waals surface area (Å²) in [6, 6.07) is 12.0. The van der Waals surface area contributed by atoms with E-state index in [4.69, 9.17) is 10.00 Å². The van der Waals surface area contributed by atoms with Crippen LogP contribution in [0.25, 0.3) is 0 Å². The topological polar surface area (TPSA) is 53.3 Å². The van der Waals surface area contributed by atoms with Crippen LogP contribution in [0.4, 0.5) is 4.79 Å². The Hall–Kier alpha value is -2.02. The van der Waals surface area contributed by atoms with Crippen LogP contribution in [-0.2, 0) is 11.2 Å². The van der Waals surface area contributed by atoms with Crippen LogP contribution in [0.1, 0.15) is 12.0 Å². The molecular weight excluding hydrogens is 216 g/mol. The summed E-state index contributed by atoms with van der Waals surface area (Å²) in [5, 5.41) is 8.66. The molecule has 0 aromatic heterocycles. The SMILES string of the molecule is N#CC1CCN(CCc2ccccc2)C(=O)O1. The zero-order valence-electron chi connectivity index (χ0n) is 9.50. The van der Waals surface area contributed by atoms with Gasteiger partial charge < -0.3 is 9.64 Å². The summed E-state index contributed by atoms with van der Waals surface area (Å²) in [6.07, 6.45) is 0.457. The molecule has 0 bridgehead atoms. The molecule has 1 saturated heterocycles. The average Bonchev–Trinajstić information content (AvgIpc) is 2.38. The summed E-state index contributed by atoms with van der Waals surface area (Å²) >= 11 is 0. The molecule has 1 aromatic carbocycles. The molecule has 0 aliphatic carbocycles. The normalized spacial score (nSPS) is 19.6. The van der Waals surface area contributed by atoms with Gasteiger partial charge in [-0.15, -0.1) is 0 Å². The number of ether oxygens (including phenoxy) is 1. The van der Waals surface area contributed by atoms with Gasteiger partial charge in [-0.1, -0.05) is 30.3 Å². The second-order valence-corrected chi connectivity index (χ2v) is 4.01. The molecule has 1 atom stereocenters. The molecule has 4 heteroatoms. The van der Waals surface area contributed by atoms with Crippen molar-refractivity contribution < 1.29 is 9.53 Å². The second kappa shape index (κ2) is 5.35. The number of amides is 1. The molecule has 0 N–H and O–H groups in total. The highest BCUT2D eigenvalue weighted by molar-refractivity contribution is 5.68. The van der Waals surface area contributed by atoms with Crippen molar-refractivity contribution in [1.82, 2.24) is 4.90 Å². The summed E-state index contributed by atoms with van der Waals surface area (Å²) in [7, 11) is 0. The van der Waals surface area contributed by atoms with Crippen LogP contribution in [0.3, 0.4) is 0 Å². The number of hydrogen-bond donors (Lipinski definition) is 0. The molecule has 17 heavy (non-hydrogen) atoms. The molecule has 1 fully saturated rings. The zero-order valence-corrected chi connectivity index (χ0v) is 9.50. The molecule has 1 aliphatic rings. The highest BCUT2D eigenvalue weighted by Crippen LogP contribution is 2.12. The minimum absolute atomic E-state index is 0.376. The van der Waals surface area contributed by atoms with E-state index in [0.29, 0.717) is 19.5 Å². The van der Waals surface area contributed by atoms with Gasteiger partial charge in [-0.25, -0.2) is 4.79 Å². The van der Waals surface area contributed by atoms with Gasteiger partial charge >= 0.3 is 6.09 Å². The Morgan fingerprint density at radius 1 is 1.41 bits per heavy atom. The minimum Gasteiger partial charge on any atom is -0.431 e. The van der Waals surface area contributed by atoms with Gasteiger partial charge in [-0.2, -0.15) is 5.26 Å². The summed E-state index contributed by atoms with van der Waals surface area (Å²) in [5.74, 6) is 0. The lowest BCUT2D eigenvalue weighted by atomic mass is 10.1. The van der Waals surface area contributed by atoms with Gasteiger partial charge in [0.05, 0.1) is 0 Å². The largest absolute Gasteiger partial charge is 0.431 e. The number of hydrogen-bond acceptors (Lipinski definition) is 3. The van der Waals surface area contributed by atoms with Crippen LogP contribution in [0.2, 0.25) is 0 Å². The lowest BCUT2D eigenvalue weighted by Crippen LogP contribution is -2.42. The first-order chi connectivity index (χ1) is 8.29. The van der Waals surface area contributed by atoms with Gasteiger partial charge in [0.15, 0.2) is 6.10 Å². The van der Waals surface area contributed by atoms with E-state index >= 15 is 0 Å². The first-order valence-corrected chi connectivity index (χ1v) is 5.68. The fraction of sp³-hybridized carbons (Fsp3) is 0.385. The quantitative estimate of drug-likeness (QED) is 0.797. The molecule has 1 amide bonds. The number of carbonyl (C=O) groups excluding carboxylic acids is 1. The van der Waals surface area contributed by atoms with E-state index in [1.54, 1.807) is 4.90 Å². The van der Waals surface area contributed by atoms with Crippen molar-refractivity contribution in [1.29, 1.82) is 5.26 Å². The average molecular weight is 230 g/mol. The number of nitrogens with zero attached hydrogens (tertiary/aromatic N) is 2. The van der Waals surface area contributed by atoms with Crippen LogP contribution in [0.5, 0.6) is 0 Å². The second-order valence-electron chi connectivity index (χ2n) is 4.01. The first-order valence-electron chi connectivity index (χ1n) is 5.68. The lowest BCUT2D eigenvalue weighted by Gasteiger charge is -2.28. The van der Waals surface area contributed by atoms with Crippen LogP contribution in [0.15, 0.2) is 30.3 Å². The Balaban J connectivity index is 1.85. The Kier molecular flexibility index (Phi) is 3.61. The number of rotatable bonds is 3. The van der Waals surface area contributed by atoms with Crippen molar-refractivity contribution in [3.63, 3.8) is 0 Å². The zero-order chi connectivity index (χ0) is 12.1. The maximum atomic E-state index is 11.5. The molecule has 1 aromatic rings. The van der Waals surface area contributed by atoms with Crippen molar-refractivity contribution in [3.05, 3.63) is 35.9 Å². The van der Waals surface area contributed by atoms with Crippen LogP contribution >= 0.6 is 0 Å². The molecular formula is C13H14N2O2. The van der Waals surface area contributed by atoms with Crippen LogP contribution < -0.4 is 0 Å². The molecule has 1 aliphatic heterocycles. The van der Waals surface area contributed by atoms with E-state index in [2.05, 4.69) is 0 Å². The summed E-state index contributed by atoms with van der Waals surface area (Å²) in [5.41, 5.74) is 1.20. The fourth-order valence-electron chi connectivity index (χ4n) is 1.82. The van der Waals surface area contributed by atoms with E-state index in [-0.39, 0.29) is 6.09 Å². The van der Waals surface area contributed by atoms with E-state index in [9.17, 15) is 4.79 Å². The maximum Gasteiger partial charge on any atom is 0.411 e. The van der Waals surface area contributed by atoms with E-state index in [1.807, 2.05) is 36.4 Å². The molecule has 1 unspecified atom stereocenters. The van der Waals surface area contributed by atoms with Gasteiger partial charge in [0.2, 0.25) is 0 Å². The number of carbonyl (C=O) groups is 1. The third kappa shape index (κ3) is 2.97. The van der Waals surface area contributed by atoms with Crippen molar-refractivity contribution >= 4 is 6.09 Å². The summed E-state index contributed by atoms with van der Waals surface area (Å²) in [4.78, 5) is 13.2. The van der Waals surface area contributed by atoms with Gasteiger partial charge in [0, 0.05) is 19.5 Å². The molecule has 0 radical (unpaired) electrons.